The number of hydrogen-bond donors (Lipinski definition) is 1. The molecule has 1 aromatic carbocycles. The number of likely N-dealkylation sites (tertiary alicyclic amines) is 1. The first kappa shape index (κ1) is 14.7. The third-order valence-corrected chi connectivity index (χ3v) is 4.58. The molecule has 2 amide bonds. The molecule has 22 heavy (non-hydrogen) atoms. The van der Waals surface area contributed by atoms with Crippen molar-refractivity contribution in [3.05, 3.63) is 46.4 Å². The summed E-state index contributed by atoms with van der Waals surface area (Å²) in [6.45, 7) is 2.22. The van der Waals surface area contributed by atoms with E-state index in [-0.39, 0.29) is 17.9 Å². The lowest BCUT2D eigenvalue weighted by atomic mass is 10.1. The van der Waals surface area contributed by atoms with E-state index in [0.717, 1.165) is 24.4 Å². The number of carbonyl (C=O) groups is 2. The number of anilines is 1. The number of hydrogen-bond acceptors (Lipinski definition) is 4. The van der Waals surface area contributed by atoms with Crippen LogP contribution in [0, 0.1) is 0 Å². The Morgan fingerprint density at radius 2 is 2.09 bits per heavy atom. The molecule has 0 aliphatic carbocycles. The number of nitrogens with zero attached hydrogens (tertiary/aromatic N) is 2. The van der Waals surface area contributed by atoms with Crippen LogP contribution in [-0.2, 0) is 4.79 Å². The van der Waals surface area contributed by atoms with Gasteiger partial charge in [0.25, 0.3) is 5.91 Å². The summed E-state index contributed by atoms with van der Waals surface area (Å²) in [4.78, 5) is 30.0. The Labute approximate surface area is 133 Å². The fourth-order valence-electron chi connectivity index (χ4n) is 2.73. The molecule has 1 aromatic heterocycles. The molecule has 0 saturated carbocycles. The highest BCUT2D eigenvalue weighted by Crippen LogP contribution is 2.34. The molecule has 1 fully saturated rings. The van der Waals surface area contributed by atoms with E-state index >= 15 is 0 Å². The summed E-state index contributed by atoms with van der Waals surface area (Å²) >= 11 is 1.59. The van der Waals surface area contributed by atoms with Crippen molar-refractivity contribution in [1.29, 1.82) is 0 Å². The van der Waals surface area contributed by atoms with Gasteiger partial charge in [0.15, 0.2) is 0 Å². The monoisotopic (exact) mass is 315 g/mol. The van der Waals surface area contributed by atoms with E-state index < -0.39 is 0 Å². The second-order valence-corrected chi connectivity index (χ2v) is 6.21. The third kappa shape index (κ3) is 3.01. The summed E-state index contributed by atoms with van der Waals surface area (Å²) in [5, 5.41) is 5.64. The van der Waals surface area contributed by atoms with Gasteiger partial charge in [0.2, 0.25) is 5.91 Å². The van der Waals surface area contributed by atoms with Crippen molar-refractivity contribution in [2.24, 2.45) is 0 Å². The predicted molar refractivity (Wildman–Crippen MR) is 85.9 cm³/mol. The van der Waals surface area contributed by atoms with Gasteiger partial charge in [0.1, 0.15) is 5.01 Å². The Morgan fingerprint density at radius 3 is 2.73 bits per heavy atom. The maximum Gasteiger partial charge on any atom is 0.254 e. The topological polar surface area (TPSA) is 62.3 Å². The van der Waals surface area contributed by atoms with Crippen LogP contribution < -0.4 is 5.32 Å². The van der Waals surface area contributed by atoms with Gasteiger partial charge in [-0.05, 0) is 37.1 Å². The number of aromatic nitrogens is 1. The van der Waals surface area contributed by atoms with Crippen LogP contribution in [-0.4, -0.2) is 28.2 Å². The van der Waals surface area contributed by atoms with Gasteiger partial charge in [-0.3, -0.25) is 9.59 Å². The van der Waals surface area contributed by atoms with Gasteiger partial charge in [-0.2, -0.15) is 0 Å². The zero-order chi connectivity index (χ0) is 15.5. The fourth-order valence-corrected chi connectivity index (χ4v) is 3.52. The molecule has 0 radical (unpaired) electrons. The lowest BCUT2D eigenvalue weighted by Gasteiger charge is -2.23. The molecule has 1 saturated heterocycles. The van der Waals surface area contributed by atoms with E-state index in [2.05, 4.69) is 10.3 Å². The van der Waals surface area contributed by atoms with Gasteiger partial charge in [-0.1, -0.05) is 0 Å². The zero-order valence-corrected chi connectivity index (χ0v) is 13.1. The lowest BCUT2D eigenvalue weighted by molar-refractivity contribution is -0.114. The quantitative estimate of drug-likeness (QED) is 0.947. The highest BCUT2D eigenvalue weighted by molar-refractivity contribution is 7.09. The van der Waals surface area contributed by atoms with Crippen molar-refractivity contribution in [1.82, 2.24) is 9.88 Å². The van der Waals surface area contributed by atoms with Crippen molar-refractivity contribution in [2.75, 3.05) is 11.9 Å². The molecule has 2 aromatic rings. The standard InChI is InChI=1S/C16H17N3O2S/c1-11(20)18-13-6-4-12(5-7-13)16(21)19-9-2-3-14(19)15-17-8-10-22-15/h4-8,10,14H,2-3,9H2,1H3,(H,18,20). The Kier molecular flexibility index (Phi) is 4.20. The number of benzene rings is 1. The van der Waals surface area contributed by atoms with Crippen molar-refractivity contribution >= 4 is 28.8 Å². The van der Waals surface area contributed by atoms with E-state index in [9.17, 15) is 9.59 Å². The number of rotatable bonds is 3. The maximum absolute atomic E-state index is 12.7. The number of amides is 2. The molecule has 0 spiro atoms. The Hall–Kier alpha value is -2.21. The SMILES string of the molecule is CC(=O)Nc1ccc(C(=O)N2CCCC2c2nccs2)cc1. The van der Waals surface area contributed by atoms with Crippen LogP contribution in [0.5, 0.6) is 0 Å². The minimum absolute atomic E-state index is 0.0204. The van der Waals surface area contributed by atoms with Crippen LogP contribution >= 0.6 is 11.3 Å². The fraction of sp³-hybridized carbons (Fsp3) is 0.312. The minimum atomic E-state index is -0.123. The van der Waals surface area contributed by atoms with Gasteiger partial charge in [0.05, 0.1) is 6.04 Å². The van der Waals surface area contributed by atoms with Crippen LogP contribution in [0.15, 0.2) is 35.8 Å². The molecule has 1 aliphatic rings. The summed E-state index contributed by atoms with van der Waals surface area (Å²) in [5.41, 5.74) is 1.33. The molecular weight excluding hydrogens is 298 g/mol. The Bertz CT molecular complexity index is 667. The van der Waals surface area contributed by atoms with Crippen LogP contribution in [0.2, 0.25) is 0 Å². The van der Waals surface area contributed by atoms with Gasteiger partial charge < -0.3 is 10.2 Å². The average molecular weight is 315 g/mol. The molecule has 1 N–H and O–H groups in total. The molecule has 1 unspecified atom stereocenters. The van der Waals surface area contributed by atoms with E-state index in [4.69, 9.17) is 0 Å². The summed E-state index contributed by atoms with van der Waals surface area (Å²) in [6, 6.07) is 7.10. The summed E-state index contributed by atoms with van der Waals surface area (Å²) < 4.78 is 0. The lowest BCUT2D eigenvalue weighted by Crippen LogP contribution is -2.30. The van der Waals surface area contributed by atoms with E-state index in [1.807, 2.05) is 10.3 Å². The first-order chi connectivity index (χ1) is 10.6. The van der Waals surface area contributed by atoms with Crippen LogP contribution in [0.1, 0.15) is 41.2 Å². The van der Waals surface area contributed by atoms with Crippen LogP contribution in [0.4, 0.5) is 5.69 Å². The third-order valence-electron chi connectivity index (χ3n) is 3.70. The van der Waals surface area contributed by atoms with Gasteiger partial charge >= 0.3 is 0 Å². The predicted octanol–water partition coefficient (Wildman–Crippen LogP) is 3.08. The highest BCUT2D eigenvalue weighted by atomic mass is 32.1. The number of nitrogens with one attached hydrogen (secondary N) is 1. The average Bonchev–Trinajstić information content (AvgIpc) is 3.17. The van der Waals surface area contributed by atoms with Gasteiger partial charge in [0, 0.05) is 36.3 Å². The van der Waals surface area contributed by atoms with E-state index in [1.165, 1.54) is 6.92 Å². The van der Waals surface area contributed by atoms with E-state index in [0.29, 0.717) is 11.3 Å². The molecule has 0 bridgehead atoms. The van der Waals surface area contributed by atoms with Gasteiger partial charge in [-0.15, -0.1) is 11.3 Å². The minimum Gasteiger partial charge on any atom is -0.329 e. The largest absolute Gasteiger partial charge is 0.329 e. The van der Waals surface area contributed by atoms with Crippen molar-refractivity contribution in [2.45, 2.75) is 25.8 Å². The molecule has 1 atom stereocenters. The highest BCUT2D eigenvalue weighted by Gasteiger charge is 2.32. The second kappa shape index (κ2) is 6.27. The molecule has 2 heterocycles. The molecule has 6 heteroatoms. The molecular formula is C16H17N3O2S. The Balaban J connectivity index is 1.76. The summed E-state index contributed by atoms with van der Waals surface area (Å²) in [6.07, 6.45) is 3.74. The number of thiazole rings is 1. The molecule has 1 aliphatic heterocycles. The molecule has 3 rings (SSSR count). The normalized spacial score (nSPS) is 17.5. The summed E-state index contributed by atoms with van der Waals surface area (Å²) in [7, 11) is 0. The van der Waals surface area contributed by atoms with Crippen molar-refractivity contribution in [3.8, 4) is 0 Å². The summed E-state index contributed by atoms with van der Waals surface area (Å²) in [5.74, 6) is -0.102. The Morgan fingerprint density at radius 1 is 1.32 bits per heavy atom. The van der Waals surface area contributed by atoms with Crippen LogP contribution in [0.25, 0.3) is 0 Å². The van der Waals surface area contributed by atoms with Crippen molar-refractivity contribution in [3.63, 3.8) is 0 Å². The second-order valence-electron chi connectivity index (χ2n) is 5.29. The zero-order valence-electron chi connectivity index (χ0n) is 12.3. The van der Waals surface area contributed by atoms with Crippen molar-refractivity contribution < 1.29 is 9.59 Å². The molecule has 114 valence electrons. The maximum atomic E-state index is 12.7. The van der Waals surface area contributed by atoms with E-state index in [1.54, 1.807) is 41.8 Å². The smallest absolute Gasteiger partial charge is 0.254 e. The number of carbonyl (C=O) groups excluding carboxylic acids is 2. The first-order valence-electron chi connectivity index (χ1n) is 7.23. The van der Waals surface area contributed by atoms with Gasteiger partial charge in [-0.25, -0.2) is 4.98 Å². The first-order valence-corrected chi connectivity index (χ1v) is 8.11. The molecule has 5 nitrogen and oxygen atoms in total. The van der Waals surface area contributed by atoms with Crippen LogP contribution in [0.3, 0.4) is 0 Å².